The zero-order valence-electron chi connectivity index (χ0n) is 19.8. The number of hydrogen-bond donors (Lipinski definition) is 2. The predicted molar refractivity (Wildman–Crippen MR) is 135 cm³/mol. The molecule has 4 aromatic rings. The summed E-state index contributed by atoms with van der Waals surface area (Å²) in [6.07, 6.45) is 2.94. The molecule has 0 unspecified atom stereocenters. The Labute approximate surface area is 208 Å². The van der Waals surface area contributed by atoms with Gasteiger partial charge in [-0.2, -0.15) is 0 Å². The molecular weight excluding hydrogens is 460 g/mol. The summed E-state index contributed by atoms with van der Waals surface area (Å²) in [5.41, 5.74) is 2.64. The van der Waals surface area contributed by atoms with Gasteiger partial charge in [-0.1, -0.05) is 30.3 Å². The standard InChI is InChI=1S/C28H26N2O6/c1-2-35-16-15-30-24-6-4-3-5-23(24)29-27(30)18-36-21-11-7-19(8-12-21)9-14-25(31)22-13-10-20(28(33)34)17-26(22)32/h3-14,17,32H,2,15-16,18H2,1H3,(H,33,34)/b14-9+. The monoisotopic (exact) mass is 486 g/mol. The molecule has 8 heteroatoms. The van der Waals surface area contributed by atoms with Gasteiger partial charge in [0.1, 0.15) is 23.9 Å². The molecule has 36 heavy (non-hydrogen) atoms. The molecule has 0 saturated carbocycles. The topological polar surface area (TPSA) is 111 Å². The number of carboxylic acids is 1. The SMILES string of the molecule is CCOCCn1c(COc2ccc(/C=C/C(=O)c3ccc(C(=O)O)cc3O)cc2)nc2ccccc21. The number of hydrogen-bond acceptors (Lipinski definition) is 6. The molecule has 184 valence electrons. The van der Waals surface area contributed by atoms with E-state index in [1.165, 1.54) is 18.2 Å². The number of rotatable bonds is 11. The van der Waals surface area contributed by atoms with Gasteiger partial charge in [-0.15, -0.1) is 0 Å². The van der Waals surface area contributed by atoms with Crippen LogP contribution in [0, 0.1) is 0 Å². The van der Waals surface area contributed by atoms with Gasteiger partial charge < -0.3 is 24.3 Å². The van der Waals surface area contributed by atoms with Crippen LogP contribution in [0.1, 0.15) is 39.0 Å². The van der Waals surface area contributed by atoms with Crippen molar-refractivity contribution in [2.75, 3.05) is 13.2 Å². The number of carboxylic acid groups (broad SMARTS) is 1. The highest BCUT2D eigenvalue weighted by Gasteiger charge is 2.13. The Bertz CT molecular complexity index is 1410. The second kappa shape index (κ2) is 11.3. The van der Waals surface area contributed by atoms with E-state index in [0.717, 1.165) is 28.5 Å². The van der Waals surface area contributed by atoms with Crippen LogP contribution in [0.25, 0.3) is 17.1 Å². The molecule has 0 radical (unpaired) electrons. The van der Waals surface area contributed by atoms with Gasteiger partial charge in [0.15, 0.2) is 5.78 Å². The van der Waals surface area contributed by atoms with Crippen molar-refractivity contribution >= 4 is 28.9 Å². The first-order valence-electron chi connectivity index (χ1n) is 11.5. The molecule has 0 bridgehead atoms. The van der Waals surface area contributed by atoms with Crippen LogP contribution in [0.2, 0.25) is 0 Å². The number of aromatic nitrogens is 2. The molecule has 0 aliphatic heterocycles. The van der Waals surface area contributed by atoms with Gasteiger partial charge in [0.25, 0.3) is 0 Å². The number of ketones is 1. The molecule has 0 saturated heterocycles. The van der Waals surface area contributed by atoms with Crippen LogP contribution in [0.5, 0.6) is 11.5 Å². The van der Waals surface area contributed by atoms with Gasteiger partial charge in [-0.05, 0) is 61.0 Å². The van der Waals surface area contributed by atoms with Crippen LogP contribution in [0.15, 0.2) is 72.8 Å². The lowest BCUT2D eigenvalue weighted by Crippen LogP contribution is -2.11. The largest absolute Gasteiger partial charge is 0.507 e. The van der Waals surface area contributed by atoms with Crippen molar-refractivity contribution in [1.29, 1.82) is 0 Å². The fourth-order valence-corrected chi connectivity index (χ4v) is 3.74. The normalized spacial score (nSPS) is 11.2. The Morgan fingerprint density at radius 3 is 2.56 bits per heavy atom. The summed E-state index contributed by atoms with van der Waals surface area (Å²) in [4.78, 5) is 28.1. The van der Waals surface area contributed by atoms with Gasteiger partial charge in [0.2, 0.25) is 0 Å². The molecule has 1 heterocycles. The lowest BCUT2D eigenvalue weighted by Gasteiger charge is -2.11. The summed E-state index contributed by atoms with van der Waals surface area (Å²) >= 11 is 0. The minimum Gasteiger partial charge on any atom is -0.507 e. The average Bonchev–Trinajstić information content (AvgIpc) is 3.24. The Hall–Kier alpha value is -4.43. The Morgan fingerprint density at radius 2 is 1.83 bits per heavy atom. The molecule has 0 spiro atoms. The minimum absolute atomic E-state index is 0.0310. The maximum atomic E-state index is 12.4. The van der Waals surface area contributed by atoms with E-state index in [1.54, 1.807) is 18.2 Å². The zero-order chi connectivity index (χ0) is 25.5. The minimum atomic E-state index is -1.18. The van der Waals surface area contributed by atoms with E-state index < -0.39 is 11.8 Å². The Morgan fingerprint density at radius 1 is 1.06 bits per heavy atom. The number of fused-ring (bicyclic) bond motifs is 1. The molecule has 0 aliphatic carbocycles. The number of aromatic hydroxyl groups is 1. The van der Waals surface area contributed by atoms with Crippen LogP contribution in [0.4, 0.5) is 0 Å². The fraction of sp³-hybridized carbons (Fsp3) is 0.179. The molecule has 0 atom stereocenters. The van der Waals surface area contributed by atoms with Gasteiger partial charge >= 0.3 is 5.97 Å². The summed E-state index contributed by atoms with van der Waals surface area (Å²) < 4.78 is 13.6. The van der Waals surface area contributed by atoms with Crippen molar-refractivity contribution in [2.45, 2.75) is 20.1 Å². The van der Waals surface area contributed by atoms with Crippen LogP contribution in [-0.4, -0.2) is 44.7 Å². The summed E-state index contributed by atoms with van der Waals surface area (Å²) in [6, 6.07) is 18.8. The number of phenols is 1. The van der Waals surface area contributed by atoms with Gasteiger partial charge in [-0.25, -0.2) is 9.78 Å². The van der Waals surface area contributed by atoms with E-state index in [2.05, 4.69) is 4.57 Å². The number of imidazole rings is 1. The van der Waals surface area contributed by atoms with Crippen molar-refractivity contribution in [3.05, 3.63) is 95.3 Å². The number of carbonyl (C=O) groups is 2. The first-order chi connectivity index (χ1) is 17.5. The number of phenolic OH excluding ortho intramolecular Hbond substituents is 1. The number of benzene rings is 3. The smallest absolute Gasteiger partial charge is 0.335 e. The number of carbonyl (C=O) groups excluding carboxylic acids is 1. The van der Waals surface area contributed by atoms with Crippen molar-refractivity contribution in [1.82, 2.24) is 9.55 Å². The number of nitrogens with zero attached hydrogens (tertiary/aromatic N) is 2. The van der Waals surface area contributed by atoms with E-state index in [1.807, 2.05) is 43.3 Å². The highest BCUT2D eigenvalue weighted by atomic mass is 16.5. The summed E-state index contributed by atoms with van der Waals surface area (Å²) in [5, 5.41) is 19.0. The number of allylic oxidation sites excluding steroid dienone is 1. The molecule has 4 rings (SSSR count). The predicted octanol–water partition coefficient (Wildman–Crippen LogP) is 4.95. The van der Waals surface area contributed by atoms with Crippen molar-refractivity contribution < 1.29 is 29.3 Å². The van der Waals surface area contributed by atoms with Crippen LogP contribution in [0.3, 0.4) is 0 Å². The summed E-state index contributed by atoms with van der Waals surface area (Å²) in [6.45, 7) is 4.18. The molecular formula is C28H26N2O6. The third-order valence-corrected chi connectivity index (χ3v) is 5.58. The van der Waals surface area contributed by atoms with Crippen molar-refractivity contribution in [3.8, 4) is 11.5 Å². The first-order valence-corrected chi connectivity index (χ1v) is 11.5. The molecule has 8 nitrogen and oxygen atoms in total. The van der Waals surface area contributed by atoms with Crippen molar-refractivity contribution in [3.63, 3.8) is 0 Å². The third kappa shape index (κ3) is 5.79. The van der Waals surface area contributed by atoms with E-state index >= 15 is 0 Å². The highest BCUT2D eigenvalue weighted by Crippen LogP contribution is 2.22. The Kier molecular flexibility index (Phi) is 7.77. The van der Waals surface area contributed by atoms with E-state index in [-0.39, 0.29) is 16.9 Å². The molecule has 1 aromatic heterocycles. The molecule has 0 fully saturated rings. The maximum absolute atomic E-state index is 12.4. The quantitative estimate of drug-likeness (QED) is 0.175. The second-order valence-corrected chi connectivity index (χ2v) is 7.96. The molecule has 3 aromatic carbocycles. The van der Waals surface area contributed by atoms with Gasteiger partial charge in [-0.3, -0.25) is 4.79 Å². The average molecular weight is 487 g/mol. The zero-order valence-corrected chi connectivity index (χ0v) is 19.8. The molecule has 2 N–H and O–H groups in total. The summed E-state index contributed by atoms with van der Waals surface area (Å²) in [5.74, 6) is -0.524. The molecule has 0 amide bonds. The number of ether oxygens (including phenoxy) is 2. The number of aromatic carboxylic acids is 1. The molecule has 0 aliphatic rings. The van der Waals surface area contributed by atoms with Crippen LogP contribution < -0.4 is 4.74 Å². The second-order valence-electron chi connectivity index (χ2n) is 7.96. The van der Waals surface area contributed by atoms with Crippen LogP contribution >= 0.6 is 0 Å². The van der Waals surface area contributed by atoms with Gasteiger partial charge in [0, 0.05) is 13.2 Å². The first kappa shape index (κ1) is 24.7. The third-order valence-electron chi connectivity index (χ3n) is 5.58. The maximum Gasteiger partial charge on any atom is 0.335 e. The Balaban J connectivity index is 1.41. The van der Waals surface area contributed by atoms with E-state index in [9.17, 15) is 14.7 Å². The van der Waals surface area contributed by atoms with E-state index in [4.69, 9.17) is 19.6 Å². The highest BCUT2D eigenvalue weighted by molar-refractivity contribution is 6.09. The van der Waals surface area contributed by atoms with Crippen LogP contribution in [-0.2, 0) is 17.9 Å². The summed E-state index contributed by atoms with van der Waals surface area (Å²) in [7, 11) is 0. The lowest BCUT2D eigenvalue weighted by atomic mass is 10.1. The number of para-hydroxylation sites is 2. The fourth-order valence-electron chi connectivity index (χ4n) is 3.74. The van der Waals surface area contributed by atoms with Gasteiger partial charge in [0.05, 0.1) is 28.8 Å². The van der Waals surface area contributed by atoms with E-state index in [0.29, 0.717) is 32.1 Å². The lowest BCUT2D eigenvalue weighted by molar-refractivity contribution is 0.0696. The van der Waals surface area contributed by atoms with Crippen molar-refractivity contribution in [2.24, 2.45) is 0 Å².